The lowest BCUT2D eigenvalue weighted by Crippen LogP contribution is -2.32. The van der Waals surface area contributed by atoms with Crippen LogP contribution in [0.3, 0.4) is 0 Å². The second-order valence-corrected chi connectivity index (χ2v) is 7.28. The number of carbonyl (C=O) groups excluding carboxylic acids is 1. The number of aliphatic imine (C=N–C) groups is 2. The molecule has 1 aliphatic heterocycles. The number of halogens is 2. The van der Waals surface area contributed by atoms with Crippen molar-refractivity contribution >= 4 is 40.2 Å². The van der Waals surface area contributed by atoms with Gasteiger partial charge in [-0.25, -0.2) is 9.38 Å². The minimum atomic E-state index is -0.708. The van der Waals surface area contributed by atoms with Crippen LogP contribution in [0.4, 0.5) is 4.39 Å². The zero-order valence-electron chi connectivity index (χ0n) is 14.7. The van der Waals surface area contributed by atoms with Crippen molar-refractivity contribution in [3.8, 4) is 0 Å². The first kappa shape index (κ1) is 19.5. The van der Waals surface area contributed by atoms with Gasteiger partial charge < -0.3 is 4.74 Å². The maximum Gasteiger partial charge on any atom is 0.316 e. The van der Waals surface area contributed by atoms with E-state index in [4.69, 9.17) is 16.3 Å². The van der Waals surface area contributed by atoms with Crippen molar-refractivity contribution in [3.05, 3.63) is 64.7 Å². The largest absolute Gasteiger partial charge is 0.468 e. The van der Waals surface area contributed by atoms with Gasteiger partial charge in [-0.3, -0.25) is 14.8 Å². The van der Waals surface area contributed by atoms with Crippen molar-refractivity contribution in [2.75, 3.05) is 7.11 Å². The van der Waals surface area contributed by atoms with E-state index in [0.717, 1.165) is 5.56 Å². The van der Waals surface area contributed by atoms with Crippen molar-refractivity contribution in [2.24, 2.45) is 15.9 Å². The highest BCUT2D eigenvalue weighted by atomic mass is 35.5. The number of esters is 1. The fourth-order valence-corrected chi connectivity index (χ4v) is 3.93. The Morgan fingerprint density at radius 3 is 2.85 bits per heavy atom. The van der Waals surface area contributed by atoms with Crippen molar-refractivity contribution in [3.63, 3.8) is 0 Å². The van der Waals surface area contributed by atoms with Gasteiger partial charge in [0, 0.05) is 28.9 Å². The van der Waals surface area contributed by atoms with Gasteiger partial charge in [-0.1, -0.05) is 35.5 Å². The summed E-state index contributed by atoms with van der Waals surface area (Å²) in [6.45, 7) is 1.76. The SMILES string of the molecule is COC(=O)C1C(C)=NC(SCc2cccnc2)=NC1c1ccc(F)cc1Cl. The van der Waals surface area contributed by atoms with Crippen LogP contribution < -0.4 is 0 Å². The van der Waals surface area contributed by atoms with Crippen molar-refractivity contribution < 1.29 is 13.9 Å². The maximum absolute atomic E-state index is 13.5. The van der Waals surface area contributed by atoms with Gasteiger partial charge in [-0.15, -0.1) is 0 Å². The third-order valence-corrected chi connectivity index (χ3v) is 5.37. The first-order valence-corrected chi connectivity index (χ1v) is 9.53. The Bertz CT molecular complexity index is 905. The molecule has 0 saturated carbocycles. The molecule has 1 aromatic heterocycles. The normalized spacial score (nSPS) is 19.3. The molecular weight excluding hydrogens is 389 g/mol. The van der Waals surface area contributed by atoms with E-state index in [2.05, 4.69) is 15.0 Å². The molecule has 1 aromatic carbocycles. The van der Waals surface area contributed by atoms with E-state index in [1.54, 1.807) is 25.4 Å². The minimum Gasteiger partial charge on any atom is -0.468 e. The highest BCUT2D eigenvalue weighted by Crippen LogP contribution is 2.37. The maximum atomic E-state index is 13.5. The van der Waals surface area contributed by atoms with E-state index in [1.807, 2.05) is 12.1 Å². The van der Waals surface area contributed by atoms with Crippen molar-refractivity contribution in [1.29, 1.82) is 0 Å². The summed E-state index contributed by atoms with van der Waals surface area (Å²) in [6, 6.07) is 7.26. The average molecular weight is 406 g/mol. The lowest BCUT2D eigenvalue weighted by atomic mass is 9.89. The molecule has 2 unspecified atom stereocenters. The number of hydrogen-bond acceptors (Lipinski definition) is 6. The van der Waals surface area contributed by atoms with Crippen LogP contribution in [0.5, 0.6) is 0 Å². The number of methoxy groups -OCH3 is 1. The van der Waals surface area contributed by atoms with Crippen molar-refractivity contribution in [2.45, 2.75) is 18.7 Å². The second kappa shape index (κ2) is 8.63. The zero-order valence-corrected chi connectivity index (χ0v) is 16.3. The third-order valence-electron chi connectivity index (χ3n) is 4.11. The molecular formula is C19H17ClFN3O2S. The quantitative estimate of drug-likeness (QED) is 0.704. The number of nitrogens with zero attached hydrogens (tertiary/aromatic N) is 3. The van der Waals surface area contributed by atoms with E-state index in [9.17, 15) is 9.18 Å². The molecule has 5 nitrogen and oxygen atoms in total. The third kappa shape index (κ3) is 4.54. The van der Waals surface area contributed by atoms with E-state index in [0.29, 0.717) is 22.2 Å². The smallest absolute Gasteiger partial charge is 0.316 e. The highest BCUT2D eigenvalue weighted by molar-refractivity contribution is 8.13. The van der Waals surface area contributed by atoms with Crippen LogP contribution >= 0.6 is 23.4 Å². The monoisotopic (exact) mass is 405 g/mol. The molecule has 2 aromatic rings. The first-order chi connectivity index (χ1) is 13.0. The summed E-state index contributed by atoms with van der Waals surface area (Å²) in [7, 11) is 1.31. The van der Waals surface area contributed by atoms with E-state index < -0.39 is 23.7 Å². The summed E-state index contributed by atoms with van der Waals surface area (Å²) in [5.74, 6) is -0.979. The topological polar surface area (TPSA) is 63.9 Å². The van der Waals surface area contributed by atoms with E-state index >= 15 is 0 Å². The Morgan fingerprint density at radius 1 is 1.37 bits per heavy atom. The summed E-state index contributed by atoms with van der Waals surface area (Å²) < 4.78 is 18.4. The Labute approximate surface area is 165 Å². The minimum absolute atomic E-state index is 0.212. The Morgan fingerprint density at radius 2 is 2.19 bits per heavy atom. The molecule has 140 valence electrons. The molecule has 8 heteroatoms. The number of ether oxygens (including phenoxy) is 1. The molecule has 0 spiro atoms. The molecule has 2 heterocycles. The lowest BCUT2D eigenvalue weighted by Gasteiger charge is -2.27. The van der Waals surface area contributed by atoms with Gasteiger partial charge in [0.05, 0.1) is 13.2 Å². The van der Waals surface area contributed by atoms with Gasteiger partial charge >= 0.3 is 5.97 Å². The molecule has 0 fully saturated rings. The van der Waals surface area contributed by atoms with Crippen LogP contribution in [-0.4, -0.2) is 28.9 Å². The van der Waals surface area contributed by atoms with Crippen LogP contribution in [0.2, 0.25) is 5.02 Å². The Balaban J connectivity index is 1.93. The fourth-order valence-electron chi connectivity index (χ4n) is 2.79. The summed E-state index contributed by atoms with van der Waals surface area (Å²) in [5, 5.41) is 0.742. The molecule has 0 aliphatic carbocycles. The van der Waals surface area contributed by atoms with E-state index in [1.165, 1.54) is 31.0 Å². The fraction of sp³-hybridized carbons (Fsp3) is 0.263. The van der Waals surface area contributed by atoms with Crippen LogP contribution in [0, 0.1) is 11.7 Å². The molecule has 2 atom stereocenters. The highest BCUT2D eigenvalue weighted by Gasteiger charge is 2.37. The van der Waals surface area contributed by atoms with Gasteiger partial charge in [-0.2, -0.15) is 0 Å². The number of amidine groups is 1. The number of thioether (sulfide) groups is 1. The van der Waals surface area contributed by atoms with Gasteiger partial charge in [0.2, 0.25) is 0 Å². The predicted octanol–water partition coefficient (Wildman–Crippen LogP) is 4.47. The van der Waals surface area contributed by atoms with Crippen LogP contribution in [0.25, 0.3) is 0 Å². The summed E-state index contributed by atoms with van der Waals surface area (Å²) in [4.78, 5) is 25.5. The number of benzene rings is 1. The van der Waals surface area contributed by atoms with Crippen LogP contribution in [-0.2, 0) is 15.3 Å². The molecule has 3 rings (SSSR count). The molecule has 0 bridgehead atoms. The average Bonchev–Trinajstić information content (AvgIpc) is 2.66. The predicted molar refractivity (Wildman–Crippen MR) is 106 cm³/mol. The molecule has 0 amide bonds. The Hall–Kier alpha value is -2.25. The van der Waals surface area contributed by atoms with Gasteiger partial charge in [0.1, 0.15) is 11.7 Å². The molecule has 0 saturated heterocycles. The summed E-state index contributed by atoms with van der Waals surface area (Å²) in [5.41, 5.74) is 2.17. The lowest BCUT2D eigenvalue weighted by molar-refractivity contribution is -0.143. The van der Waals surface area contributed by atoms with Gasteiger partial charge in [0.15, 0.2) is 5.17 Å². The number of aromatic nitrogens is 1. The van der Waals surface area contributed by atoms with E-state index in [-0.39, 0.29) is 5.02 Å². The Kier molecular flexibility index (Phi) is 6.23. The zero-order chi connectivity index (χ0) is 19.4. The van der Waals surface area contributed by atoms with Crippen LogP contribution in [0.15, 0.2) is 52.7 Å². The van der Waals surface area contributed by atoms with Crippen molar-refractivity contribution in [1.82, 2.24) is 4.98 Å². The molecule has 1 aliphatic rings. The summed E-state index contributed by atoms with van der Waals surface area (Å²) >= 11 is 7.66. The number of rotatable bonds is 4. The standard InChI is InChI=1S/C19H17ClFN3O2S/c1-11-16(18(25)26-2)17(14-6-5-13(21)8-15(14)20)24-19(23-11)27-10-12-4-3-7-22-9-12/h3-9,16-17H,10H2,1-2H3. The van der Waals surface area contributed by atoms with Crippen LogP contribution in [0.1, 0.15) is 24.1 Å². The molecule has 27 heavy (non-hydrogen) atoms. The number of carbonyl (C=O) groups is 1. The molecule has 0 radical (unpaired) electrons. The summed E-state index contributed by atoms with van der Waals surface area (Å²) in [6.07, 6.45) is 3.49. The first-order valence-electron chi connectivity index (χ1n) is 8.17. The number of pyridine rings is 1. The van der Waals surface area contributed by atoms with Gasteiger partial charge in [-0.05, 0) is 36.2 Å². The van der Waals surface area contributed by atoms with Gasteiger partial charge in [0.25, 0.3) is 0 Å². The number of hydrogen-bond donors (Lipinski definition) is 0. The second-order valence-electron chi connectivity index (χ2n) is 5.93. The molecule has 0 N–H and O–H groups in total.